The number of ketones is 1. The third kappa shape index (κ3) is 5.00. The largest absolute Gasteiger partial charge is 0.452 e. The lowest BCUT2D eigenvalue weighted by Gasteiger charge is -2.08. The highest BCUT2D eigenvalue weighted by atomic mass is 16.5. The number of ether oxygens (including phenoxy) is 1. The lowest BCUT2D eigenvalue weighted by molar-refractivity contribution is -0.119. The summed E-state index contributed by atoms with van der Waals surface area (Å²) in [6, 6.07) is 16.3. The molecule has 0 unspecified atom stereocenters. The molecule has 1 heterocycles. The van der Waals surface area contributed by atoms with Crippen LogP contribution in [0.15, 0.2) is 54.6 Å². The van der Waals surface area contributed by atoms with Gasteiger partial charge in [0.2, 0.25) is 0 Å². The van der Waals surface area contributed by atoms with Crippen molar-refractivity contribution in [1.82, 2.24) is 9.78 Å². The van der Waals surface area contributed by atoms with Gasteiger partial charge in [0.15, 0.2) is 12.4 Å². The molecule has 0 atom stereocenters. The molecule has 0 aliphatic carbocycles. The van der Waals surface area contributed by atoms with Crippen LogP contribution in [0, 0.1) is 13.8 Å². The molecule has 0 saturated heterocycles. The van der Waals surface area contributed by atoms with Crippen molar-refractivity contribution in [3.8, 4) is 0 Å². The van der Waals surface area contributed by atoms with Crippen LogP contribution in [0.3, 0.4) is 0 Å². The Morgan fingerprint density at radius 2 is 1.67 bits per heavy atom. The molecule has 3 aromatic rings. The highest BCUT2D eigenvalue weighted by Crippen LogP contribution is 2.16. The van der Waals surface area contributed by atoms with E-state index in [1.165, 1.54) is 6.92 Å². The number of anilines is 1. The van der Waals surface area contributed by atoms with Crippen molar-refractivity contribution in [2.45, 2.75) is 27.3 Å². The van der Waals surface area contributed by atoms with E-state index in [1.807, 2.05) is 30.3 Å². The molecular weight excluding hydrogens is 382 g/mol. The minimum absolute atomic E-state index is 0.0552. The highest BCUT2D eigenvalue weighted by molar-refractivity contribution is 5.97. The van der Waals surface area contributed by atoms with Crippen LogP contribution in [0.2, 0.25) is 0 Å². The van der Waals surface area contributed by atoms with Crippen LogP contribution in [0.4, 0.5) is 5.69 Å². The van der Waals surface area contributed by atoms with Crippen molar-refractivity contribution in [2.75, 3.05) is 11.9 Å². The molecule has 0 bridgehead atoms. The first-order chi connectivity index (χ1) is 14.3. The van der Waals surface area contributed by atoms with Gasteiger partial charge in [0.25, 0.3) is 5.91 Å². The zero-order valence-electron chi connectivity index (χ0n) is 17.1. The van der Waals surface area contributed by atoms with Crippen molar-refractivity contribution in [3.05, 3.63) is 82.7 Å². The summed E-state index contributed by atoms with van der Waals surface area (Å²) in [5, 5.41) is 7.07. The van der Waals surface area contributed by atoms with Crippen molar-refractivity contribution in [2.24, 2.45) is 0 Å². The molecule has 30 heavy (non-hydrogen) atoms. The fourth-order valence-electron chi connectivity index (χ4n) is 3.09. The van der Waals surface area contributed by atoms with Crippen LogP contribution in [0.1, 0.15) is 44.6 Å². The molecule has 7 nitrogen and oxygen atoms in total. The SMILES string of the molecule is CC(=O)c1ccc(NC(=O)COC(=O)c2c(C)nn(Cc3ccccc3)c2C)cc1. The molecule has 0 spiro atoms. The normalized spacial score (nSPS) is 10.5. The van der Waals surface area contributed by atoms with Gasteiger partial charge >= 0.3 is 5.97 Å². The molecule has 7 heteroatoms. The van der Waals surface area contributed by atoms with Gasteiger partial charge in [-0.25, -0.2) is 4.79 Å². The zero-order valence-corrected chi connectivity index (χ0v) is 17.1. The van der Waals surface area contributed by atoms with Crippen molar-refractivity contribution < 1.29 is 19.1 Å². The summed E-state index contributed by atoms with van der Waals surface area (Å²) in [6.45, 7) is 5.13. The predicted octanol–water partition coefficient (Wildman–Crippen LogP) is 3.55. The number of aryl methyl sites for hydroxylation is 1. The number of aromatic nitrogens is 2. The van der Waals surface area contributed by atoms with Gasteiger partial charge in [0.1, 0.15) is 5.56 Å². The zero-order chi connectivity index (χ0) is 21.7. The number of benzene rings is 2. The molecule has 2 aromatic carbocycles. The number of Topliss-reactive ketones (excluding diaryl/α,β-unsaturated/α-hetero) is 1. The third-order valence-corrected chi connectivity index (χ3v) is 4.67. The van der Waals surface area contributed by atoms with Crippen molar-refractivity contribution in [1.29, 1.82) is 0 Å². The van der Waals surface area contributed by atoms with Crippen LogP contribution in [0.25, 0.3) is 0 Å². The average Bonchev–Trinajstić information content (AvgIpc) is 3.00. The van der Waals surface area contributed by atoms with E-state index in [4.69, 9.17) is 4.74 Å². The topological polar surface area (TPSA) is 90.3 Å². The molecule has 1 aromatic heterocycles. The van der Waals surface area contributed by atoms with Crippen molar-refractivity contribution in [3.63, 3.8) is 0 Å². The Morgan fingerprint density at radius 1 is 1.00 bits per heavy atom. The summed E-state index contributed by atoms with van der Waals surface area (Å²) in [5.41, 5.74) is 3.74. The fourth-order valence-corrected chi connectivity index (χ4v) is 3.09. The molecular formula is C23H23N3O4. The van der Waals surface area contributed by atoms with Gasteiger partial charge in [0, 0.05) is 11.3 Å². The summed E-state index contributed by atoms with van der Waals surface area (Å²) < 4.78 is 6.94. The lowest BCUT2D eigenvalue weighted by Crippen LogP contribution is -2.21. The number of hydrogen-bond donors (Lipinski definition) is 1. The van der Waals surface area contributed by atoms with E-state index in [0.717, 1.165) is 5.56 Å². The maximum atomic E-state index is 12.5. The van der Waals surface area contributed by atoms with E-state index in [0.29, 0.717) is 34.7 Å². The molecule has 0 aliphatic heterocycles. The van der Waals surface area contributed by atoms with Gasteiger partial charge < -0.3 is 10.1 Å². The van der Waals surface area contributed by atoms with E-state index in [-0.39, 0.29) is 5.78 Å². The standard InChI is InChI=1S/C23H23N3O4/c1-15-22(16(2)26(25-15)13-18-7-5-4-6-8-18)23(29)30-14-21(28)24-20-11-9-19(10-12-20)17(3)27/h4-12H,13-14H2,1-3H3,(H,24,28). The smallest absolute Gasteiger partial charge is 0.342 e. The summed E-state index contributed by atoms with van der Waals surface area (Å²) in [4.78, 5) is 35.9. The number of hydrogen-bond acceptors (Lipinski definition) is 5. The van der Waals surface area contributed by atoms with E-state index in [1.54, 1.807) is 42.8 Å². The third-order valence-electron chi connectivity index (χ3n) is 4.67. The van der Waals surface area contributed by atoms with Crippen LogP contribution in [-0.4, -0.2) is 34.0 Å². The first-order valence-electron chi connectivity index (χ1n) is 9.51. The minimum atomic E-state index is -0.591. The molecule has 0 saturated carbocycles. The molecule has 154 valence electrons. The lowest BCUT2D eigenvalue weighted by atomic mass is 10.1. The molecule has 1 N–H and O–H groups in total. The number of nitrogens with zero attached hydrogens (tertiary/aromatic N) is 2. The number of esters is 1. The quantitative estimate of drug-likeness (QED) is 0.480. The Hall–Kier alpha value is -3.74. The monoisotopic (exact) mass is 405 g/mol. The first-order valence-corrected chi connectivity index (χ1v) is 9.51. The number of carbonyl (C=O) groups is 3. The number of carbonyl (C=O) groups excluding carboxylic acids is 3. The second-order valence-electron chi connectivity index (χ2n) is 6.95. The van der Waals surface area contributed by atoms with Gasteiger partial charge in [-0.05, 0) is 50.6 Å². The highest BCUT2D eigenvalue weighted by Gasteiger charge is 2.21. The van der Waals surface area contributed by atoms with Gasteiger partial charge in [-0.3, -0.25) is 14.3 Å². The summed E-state index contributed by atoms with van der Waals surface area (Å²) in [5.74, 6) is -1.11. The Labute approximate surface area is 174 Å². The number of rotatable bonds is 7. The Balaban J connectivity index is 1.60. The minimum Gasteiger partial charge on any atom is -0.452 e. The molecule has 0 radical (unpaired) electrons. The Morgan fingerprint density at radius 3 is 2.30 bits per heavy atom. The van der Waals surface area contributed by atoms with E-state index in [2.05, 4.69) is 10.4 Å². The number of nitrogens with one attached hydrogen (secondary N) is 1. The predicted molar refractivity (Wildman–Crippen MR) is 113 cm³/mol. The molecule has 0 aliphatic rings. The molecule has 3 rings (SSSR count). The van der Waals surface area contributed by atoms with Gasteiger partial charge in [-0.1, -0.05) is 30.3 Å². The van der Waals surface area contributed by atoms with E-state index in [9.17, 15) is 14.4 Å². The first kappa shape index (κ1) is 21.0. The summed E-state index contributed by atoms with van der Waals surface area (Å²) >= 11 is 0. The van der Waals surface area contributed by atoms with E-state index < -0.39 is 18.5 Å². The number of amides is 1. The van der Waals surface area contributed by atoms with Gasteiger partial charge in [-0.15, -0.1) is 0 Å². The fraction of sp³-hybridized carbons (Fsp3) is 0.217. The van der Waals surface area contributed by atoms with Crippen LogP contribution < -0.4 is 5.32 Å². The maximum absolute atomic E-state index is 12.5. The summed E-state index contributed by atoms with van der Waals surface area (Å²) in [7, 11) is 0. The van der Waals surface area contributed by atoms with Gasteiger partial charge in [0.05, 0.1) is 17.9 Å². The second-order valence-corrected chi connectivity index (χ2v) is 6.95. The Kier molecular flexibility index (Phi) is 6.41. The van der Waals surface area contributed by atoms with Crippen LogP contribution in [-0.2, 0) is 16.1 Å². The van der Waals surface area contributed by atoms with Gasteiger partial charge in [-0.2, -0.15) is 5.10 Å². The Bertz CT molecular complexity index is 1070. The second kappa shape index (κ2) is 9.17. The average molecular weight is 405 g/mol. The molecule has 0 fully saturated rings. The van der Waals surface area contributed by atoms with Crippen LogP contribution >= 0.6 is 0 Å². The van der Waals surface area contributed by atoms with E-state index >= 15 is 0 Å². The summed E-state index contributed by atoms with van der Waals surface area (Å²) in [6.07, 6.45) is 0. The maximum Gasteiger partial charge on any atom is 0.342 e. The van der Waals surface area contributed by atoms with Crippen LogP contribution in [0.5, 0.6) is 0 Å². The van der Waals surface area contributed by atoms with Crippen molar-refractivity contribution >= 4 is 23.3 Å². The molecule has 1 amide bonds.